The molecule has 5 rings (SSSR count). The summed E-state index contributed by atoms with van der Waals surface area (Å²) in [6.07, 6.45) is -3.34. The highest BCUT2D eigenvalue weighted by atomic mass is 16.5. The number of methoxy groups -OCH3 is 1. The minimum Gasteiger partial charge on any atom is -0.507 e. The molecule has 236 valence electrons. The third-order valence-electron chi connectivity index (χ3n) is 10.4. The van der Waals surface area contributed by atoms with Crippen molar-refractivity contribution in [3.8, 4) is 17.2 Å². The van der Waals surface area contributed by atoms with E-state index in [-0.39, 0.29) is 48.1 Å². The van der Waals surface area contributed by atoms with Crippen LogP contribution in [0.2, 0.25) is 0 Å². The number of aliphatic hydroxyl groups is 3. The summed E-state index contributed by atoms with van der Waals surface area (Å²) in [6.45, 7) is 6.93. The molecule has 0 saturated heterocycles. The maximum Gasteiger partial charge on any atom is 0.230 e. The molecule has 1 amide bonds. The lowest BCUT2D eigenvalue weighted by atomic mass is 9.39. The van der Waals surface area contributed by atoms with E-state index in [0.717, 1.165) is 0 Å². The largest absolute Gasteiger partial charge is 0.507 e. The van der Waals surface area contributed by atoms with Gasteiger partial charge in [0.05, 0.1) is 36.9 Å². The Morgan fingerprint density at radius 2 is 1.82 bits per heavy atom. The molecule has 12 nitrogen and oxygen atoms in total. The summed E-state index contributed by atoms with van der Waals surface area (Å²) in [6, 6.07) is 7.76. The number of carbonyl (C=O) groups excluding carboxylic acids is 3. The number of ketones is 2. The van der Waals surface area contributed by atoms with Crippen LogP contribution in [0, 0.1) is 34.5 Å². The van der Waals surface area contributed by atoms with E-state index < -0.39 is 63.9 Å². The molecule has 0 heterocycles. The number of primary amides is 1. The number of hydrogen-bond donors (Lipinski definition) is 6. The van der Waals surface area contributed by atoms with E-state index in [2.05, 4.69) is 10.2 Å². The van der Waals surface area contributed by atoms with Crippen LogP contribution in [0.15, 0.2) is 40.6 Å². The van der Waals surface area contributed by atoms with Gasteiger partial charge in [0.1, 0.15) is 17.8 Å². The number of phenolic OH excluding ortho intramolecular Hbond substituents is 2. The number of carbonyl (C=O) groups is 3. The van der Waals surface area contributed by atoms with Gasteiger partial charge in [-0.05, 0) is 53.9 Å². The van der Waals surface area contributed by atoms with Crippen molar-refractivity contribution in [1.82, 2.24) is 0 Å². The molecular weight excluding hydrogens is 570 g/mol. The average molecular weight is 610 g/mol. The Balaban J connectivity index is 1.60. The fourth-order valence-electron chi connectivity index (χ4n) is 8.66. The number of phenols is 2. The first-order valence-corrected chi connectivity index (χ1v) is 14.6. The zero-order valence-electron chi connectivity index (χ0n) is 25.3. The normalized spacial score (nSPS) is 34.9. The van der Waals surface area contributed by atoms with E-state index in [4.69, 9.17) is 10.5 Å². The lowest BCUT2D eigenvalue weighted by Gasteiger charge is -2.66. The fraction of sp³-hybridized carbons (Fsp3) is 0.531. The molecule has 2 aromatic carbocycles. The predicted octanol–water partition coefficient (Wildman–Crippen LogP) is 2.57. The van der Waals surface area contributed by atoms with Gasteiger partial charge in [0.25, 0.3) is 0 Å². The molecule has 0 radical (unpaired) electrons. The van der Waals surface area contributed by atoms with Crippen molar-refractivity contribution in [2.75, 3.05) is 7.11 Å². The second-order valence-electron chi connectivity index (χ2n) is 13.3. The molecule has 0 bridgehead atoms. The van der Waals surface area contributed by atoms with Crippen LogP contribution >= 0.6 is 0 Å². The third kappa shape index (κ3) is 4.26. The summed E-state index contributed by atoms with van der Waals surface area (Å²) in [4.78, 5) is 40.3. The molecule has 0 aliphatic heterocycles. The highest BCUT2D eigenvalue weighted by Crippen LogP contribution is 2.66. The van der Waals surface area contributed by atoms with E-state index in [1.807, 2.05) is 0 Å². The second kappa shape index (κ2) is 10.6. The van der Waals surface area contributed by atoms with Crippen molar-refractivity contribution < 1.29 is 44.7 Å². The minimum absolute atomic E-state index is 0.00651. The topological polar surface area (TPSA) is 212 Å². The van der Waals surface area contributed by atoms with Crippen LogP contribution in [-0.2, 0) is 22.6 Å². The van der Waals surface area contributed by atoms with Crippen molar-refractivity contribution in [1.29, 1.82) is 0 Å². The van der Waals surface area contributed by atoms with Gasteiger partial charge < -0.3 is 36.0 Å². The van der Waals surface area contributed by atoms with Gasteiger partial charge in [-0.1, -0.05) is 39.8 Å². The molecule has 7 N–H and O–H groups in total. The van der Waals surface area contributed by atoms with Crippen LogP contribution in [0.3, 0.4) is 0 Å². The number of aliphatic hydroxyl groups excluding tert-OH is 2. The Morgan fingerprint density at radius 1 is 1.14 bits per heavy atom. The summed E-state index contributed by atoms with van der Waals surface area (Å²) in [5.41, 5.74) is 1.43. The number of ether oxygens (including phenoxy) is 1. The Bertz CT molecular complexity index is 1570. The van der Waals surface area contributed by atoms with E-state index in [1.165, 1.54) is 19.2 Å². The van der Waals surface area contributed by atoms with Crippen molar-refractivity contribution in [3.05, 3.63) is 47.0 Å². The van der Waals surface area contributed by atoms with Crippen molar-refractivity contribution >= 4 is 23.2 Å². The maximum absolute atomic E-state index is 14.2. The van der Waals surface area contributed by atoms with Crippen LogP contribution in [0.5, 0.6) is 17.2 Å². The minimum atomic E-state index is -2.58. The van der Waals surface area contributed by atoms with E-state index in [9.17, 15) is 39.9 Å². The molecule has 12 heteroatoms. The first-order valence-electron chi connectivity index (χ1n) is 14.6. The lowest BCUT2D eigenvalue weighted by Crippen LogP contribution is -2.79. The number of amides is 1. The molecule has 3 aliphatic rings. The fourth-order valence-corrected chi connectivity index (χ4v) is 8.66. The summed E-state index contributed by atoms with van der Waals surface area (Å²) in [7, 11) is 1.43. The number of Topliss-reactive ketones (excluding diaryl/α,β-unsaturated/α-hetero) is 2. The van der Waals surface area contributed by atoms with Crippen LogP contribution in [-0.4, -0.2) is 67.9 Å². The van der Waals surface area contributed by atoms with Gasteiger partial charge in [0.2, 0.25) is 5.91 Å². The smallest absolute Gasteiger partial charge is 0.230 e. The van der Waals surface area contributed by atoms with Crippen LogP contribution in [0.4, 0.5) is 5.69 Å². The van der Waals surface area contributed by atoms with Gasteiger partial charge >= 0.3 is 0 Å². The quantitative estimate of drug-likeness (QED) is 0.209. The molecule has 8 atom stereocenters. The number of hydrogen-bond acceptors (Lipinski definition) is 11. The number of nitrogens with zero attached hydrogens (tertiary/aromatic N) is 2. The lowest BCUT2D eigenvalue weighted by molar-refractivity contribution is -0.265. The number of rotatable bonds is 6. The highest BCUT2D eigenvalue weighted by Gasteiger charge is 2.75. The van der Waals surface area contributed by atoms with Gasteiger partial charge in [0.15, 0.2) is 28.7 Å². The molecular formula is C32H39N3O9. The first-order chi connectivity index (χ1) is 20.5. The summed E-state index contributed by atoms with van der Waals surface area (Å²) in [5.74, 6) is -7.38. The molecule has 0 aromatic heterocycles. The molecule has 3 aliphatic carbocycles. The number of fused-ring (bicyclic) bond motifs is 3. The standard InChI is InChI=1S/C32H39N3O9/c1-14(2)22-26(39)21(29(33)42)27(40)32(43)28(41)23-25(38)20-16(11-30(23,3)13-31(22,32)4)17(9-10-18(20)36)35-34-12-15-7-6-8-19(44-5)24(15)37/h6-10,14,21-23,26,28,36-37,39,41,43H,11-13H2,1-5H3,(H2,33,42)/t21-,22+,23-,26?,28?,30-,31-,32+/m1/s1. The van der Waals surface area contributed by atoms with Gasteiger partial charge in [-0.15, -0.1) is 0 Å². The SMILES string of the molecule is COc1cccc(CN=Nc2ccc(O)c3c2C[C@]2(C)C[C@]4(C)[C@@H](C(C)C)C(O)[C@@H](C(N)=O)C(=O)[C@]4(O)C(O)[C@H]2C3=O)c1O. The highest BCUT2D eigenvalue weighted by molar-refractivity contribution is 6.09. The molecule has 2 unspecified atom stereocenters. The predicted molar refractivity (Wildman–Crippen MR) is 156 cm³/mol. The number of azo groups is 1. The summed E-state index contributed by atoms with van der Waals surface area (Å²) in [5, 5.41) is 65.1. The van der Waals surface area contributed by atoms with Crippen molar-refractivity contribution in [2.45, 2.75) is 64.9 Å². The number of aromatic hydroxyl groups is 2. The summed E-state index contributed by atoms with van der Waals surface area (Å²) >= 11 is 0. The summed E-state index contributed by atoms with van der Waals surface area (Å²) < 4.78 is 5.14. The molecule has 2 saturated carbocycles. The third-order valence-corrected chi connectivity index (χ3v) is 10.4. The van der Waals surface area contributed by atoms with Crippen LogP contribution in [0.1, 0.15) is 55.6 Å². The number of para-hydroxylation sites is 1. The Morgan fingerprint density at radius 3 is 2.43 bits per heavy atom. The Labute approximate surface area is 254 Å². The maximum atomic E-state index is 14.2. The zero-order chi connectivity index (χ0) is 32.5. The van der Waals surface area contributed by atoms with Crippen LogP contribution in [0.25, 0.3) is 0 Å². The molecule has 2 fully saturated rings. The van der Waals surface area contributed by atoms with E-state index in [0.29, 0.717) is 16.8 Å². The van der Waals surface area contributed by atoms with E-state index >= 15 is 0 Å². The van der Waals surface area contributed by atoms with Gasteiger partial charge in [-0.3, -0.25) is 14.4 Å². The molecule has 44 heavy (non-hydrogen) atoms. The molecule has 2 aromatic rings. The zero-order valence-corrected chi connectivity index (χ0v) is 25.3. The van der Waals surface area contributed by atoms with Crippen molar-refractivity contribution in [3.63, 3.8) is 0 Å². The van der Waals surface area contributed by atoms with Crippen LogP contribution < -0.4 is 10.5 Å². The average Bonchev–Trinajstić information content (AvgIpc) is 2.92. The number of nitrogens with two attached hydrogens (primary N) is 1. The Hall–Kier alpha value is -3.87. The van der Waals surface area contributed by atoms with Gasteiger partial charge in [0, 0.05) is 11.0 Å². The Kier molecular flexibility index (Phi) is 7.63. The van der Waals surface area contributed by atoms with Gasteiger partial charge in [-0.25, -0.2) is 0 Å². The second-order valence-corrected chi connectivity index (χ2v) is 13.3. The first kappa shape index (κ1) is 31.6. The number of benzene rings is 2. The monoisotopic (exact) mass is 609 g/mol. The molecule has 0 spiro atoms. The van der Waals surface area contributed by atoms with Crippen molar-refractivity contribution in [2.24, 2.45) is 50.5 Å². The van der Waals surface area contributed by atoms with Gasteiger partial charge in [-0.2, -0.15) is 10.2 Å². The van der Waals surface area contributed by atoms with E-state index in [1.54, 1.807) is 45.9 Å².